The maximum absolute atomic E-state index is 12.8. The molecule has 1 aliphatic carbocycles. The van der Waals surface area contributed by atoms with Gasteiger partial charge in [-0.2, -0.15) is 0 Å². The van der Waals surface area contributed by atoms with Crippen LogP contribution in [0.3, 0.4) is 0 Å². The largest absolute Gasteiger partial charge is 0.338 e. The van der Waals surface area contributed by atoms with E-state index in [0.29, 0.717) is 11.6 Å². The van der Waals surface area contributed by atoms with Crippen molar-refractivity contribution in [1.29, 1.82) is 0 Å². The lowest BCUT2D eigenvalue weighted by atomic mass is 9.65. The summed E-state index contributed by atoms with van der Waals surface area (Å²) in [7, 11) is 0. The van der Waals surface area contributed by atoms with E-state index in [4.69, 9.17) is 11.6 Å². The van der Waals surface area contributed by atoms with Crippen molar-refractivity contribution >= 4 is 23.5 Å². The predicted molar refractivity (Wildman–Crippen MR) is 112 cm³/mol. The maximum Gasteiger partial charge on any atom is 0.315 e. The van der Waals surface area contributed by atoms with Gasteiger partial charge in [0.05, 0.1) is 0 Å². The second kappa shape index (κ2) is 8.03. The molecule has 2 aliphatic rings. The van der Waals surface area contributed by atoms with Gasteiger partial charge in [0.15, 0.2) is 0 Å². The molecular weight excluding hydrogens is 388 g/mol. The van der Waals surface area contributed by atoms with Crippen LogP contribution < -0.4 is 10.6 Å². The highest BCUT2D eigenvalue weighted by molar-refractivity contribution is 6.30. The van der Waals surface area contributed by atoms with E-state index < -0.39 is 0 Å². The van der Waals surface area contributed by atoms with E-state index in [1.807, 2.05) is 36.1 Å². The Kier molecular flexibility index (Phi) is 5.46. The molecule has 0 radical (unpaired) electrons. The van der Waals surface area contributed by atoms with Gasteiger partial charge in [0.25, 0.3) is 5.91 Å². The summed E-state index contributed by atoms with van der Waals surface area (Å²) < 4.78 is 0. The summed E-state index contributed by atoms with van der Waals surface area (Å²) in [6.07, 6.45) is 6.22. The molecule has 4 rings (SSSR count). The standard InChI is InChI=1S/C22H25ClN4O2/c1-15-12-24-8-6-19(15)20(28)27-9-7-22(14-27)10-18(11-22)26-21(29)25-13-16-2-4-17(23)5-3-16/h2-6,8,12,18H,7,9-11,13-14H2,1H3,(H2,25,26,29)/t18-,22-. The van der Waals surface area contributed by atoms with Crippen molar-refractivity contribution in [2.45, 2.75) is 38.8 Å². The minimum atomic E-state index is -0.155. The number of carbonyl (C=O) groups excluding carboxylic acids is 2. The molecule has 2 N–H and O–H groups in total. The Bertz CT molecular complexity index is 909. The van der Waals surface area contributed by atoms with E-state index in [9.17, 15) is 9.59 Å². The van der Waals surface area contributed by atoms with E-state index in [1.54, 1.807) is 18.5 Å². The summed E-state index contributed by atoms with van der Waals surface area (Å²) in [6.45, 7) is 3.92. The monoisotopic (exact) mass is 412 g/mol. The summed E-state index contributed by atoms with van der Waals surface area (Å²) in [5.74, 6) is 0.0823. The number of rotatable bonds is 4. The number of hydrogen-bond acceptors (Lipinski definition) is 3. The number of amides is 3. The average Bonchev–Trinajstić information content (AvgIpc) is 3.13. The highest BCUT2D eigenvalue weighted by atomic mass is 35.5. The number of likely N-dealkylation sites (tertiary alicyclic amines) is 1. The van der Waals surface area contributed by atoms with Crippen LogP contribution in [-0.4, -0.2) is 41.0 Å². The highest BCUT2D eigenvalue weighted by Gasteiger charge is 2.49. The summed E-state index contributed by atoms with van der Waals surface area (Å²) in [5.41, 5.74) is 2.78. The molecule has 1 saturated carbocycles. The SMILES string of the molecule is Cc1cnccc1C(=O)N1CC[C@]2(C1)C[C@H](NC(=O)NCc1ccc(Cl)cc1)C2. The van der Waals surface area contributed by atoms with Gasteiger partial charge in [-0.15, -0.1) is 0 Å². The van der Waals surface area contributed by atoms with Crippen LogP contribution in [0.1, 0.15) is 40.7 Å². The molecular formula is C22H25ClN4O2. The molecule has 1 aromatic carbocycles. The van der Waals surface area contributed by atoms with E-state index in [0.717, 1.165) is 49.0 Å². The number of hydrogen-bond donors (Lipinski definition) is 2. The minimum Gasteiger partial charge on any atom is -0.338 e. The first-order chi connectivity index (χ1) is 13.9. The fourth-order valence-electron chi connectivity index (χ4n) is 4.43. The molecule has 1 aliphatic heterocycles. The molecule has 0 unspecified atom stereocenters. The van der Waals surface area contributed by atoms with Gasteiger partial charge in [-0.1, -0.05) is 23.7 Å². The average molecular weight is 413 g/mol. The van der Waals surface area contributed by atoms with E-state index in [-0.39, 0.29) is 23.4 Å². The van der Waals surface area contributed by atoms with Crippen molar-refractivity contribution in [2.24, 2.45) is 5.41 Å². The van der Waals surface area contributed by atoms with Crippen LogP contribution in [0.4, 0.5) is 4.79 Å². The molecule has 1 spiro atoms. The van der Waals surface area contributed by atoms with Crippen LogP contribution in [0.2, 0.25) is 5.02 Å². The molecule has 1 saturated heterocycles. The zero-order chi connectivity index (χ0) is 20.4. The van der Waals surface area contributed by atoms with E-state index >= 15 is 0 Å². The van der Waals surface area contributed by atoms with E-state index in [2.05, 4.69) is 15.6 Å². The van der Waals surface area contributed by atoms with Crippen molar-refractivity contribution in [3.63, 3.8) is 0 Å². The molecule has 0 bridgehead atoms. The molecule has 6 nitrogen and oxygen atoms in total. The third kappa shape index (κ3) is 4.37. The van der Waals surface area contributed by atoms with Gasteiger partial charge < -0.3 is 15.5 Å². The number of nitrogens with one attached hydrogen (secondary N) is 2. The fourth-order valence-corrected chi connectivity index (χ4v) is 4.56. The molecule has 0 atom stereocenters. The summed E-state index contributed by atoms with van der Waals surface area (Å²) >= 11 is 5.87. The first kappa shape index (κ1) is 19.7. The van der Waals surface area contributed by atoms with Crippen molar-refractivity contribution in [1.82, 2.24) is 20.5 Å². The van der Waals surface area contributed by atoms with E-state index in [1.165, 1.54) is 0 Å². The quantitative estimate of drug-likeness (QED) is 0.806. The van der Waals surface area contributed by atoms with Crippen LogP contribution in [-0.2, 0) is 6.54 Å². The van der Waals surface area contributed by atoms with Gasteiger partial charge >= 0.3 is 6.03 Å². The Morgan fingerprint density at radius 1 is 1.24 bits per heavy atom. The first-order valence-corrected chi connectivity index (χ1v) is 10.3. The minimum absolute atomic E-state index is 0.0823. The Hall–Kier alpha value is -2.60. The topological polar surface area (TPSA) is 74.3 Å². The second-order valence-corrected chi connectivity index (χ2v) is 8.66. The van der Waals surface area contributed by atoms with Gasteiger partial charge in [-0.25, -0.2) is 4.79 Å². The number of pyridine rings is 1. The molecule has 7 heteroatoms. The number of aryl methyl sites for hydroxylation is 1. The zero-order valence-electron chi connectivity index (χ0n) is 16.5. The van der Waals surface area contributed by atoms with Gasteiger partial charge in [0.1, 0.15) is 0 Å². The van der Waals surface area contributed by atoms with Gasteiger partial charge in [0.2, 0.25) is 0 Å². The summed E-state index contributed by atoms with van der Waals surface area (Å²) in [5, 5.41) is 6.62. The first-order valence-electron chi connectivity index (χ1n) is 9.93. The third-order valence-corrected chi connectivity index (χ3v) is 6.29. The van der Waals surface area contributed by atoms with Crippen molar-refractivity contribution in [3.8, 4) is 0 Å². The Morgan fingerprint density at radius 2 is 2.00 bits per heavy atom. The number of aromatic nitrogens is 1. The van der Waals surface area contributed by atoms with Crippen LogP contribution >= 0.6 is 11.6 Å². The van der Waals surface area contributed by atoms with Crippen LogP contribution in [0.15, 0.2) is 42.7 Å². The normalized spacial score (nSPS) is 23.0. The van der Waals surface area contributed by atoms with Crippen LogP contribution in [0, 0.1) is 12.3 Å². The molecule has 2 aromatic rings. The lowest BCUT2D eigenvalue weighted by Gasteiger charge is -2.45. The third-order valence-electron chi connectivity index (χ3n) is 6.04. The Morgan fingerprint density at radius 3 is 2.72 bits per heavy atom. The molecule has 2 heterocycles. The lowest BCUT2D eigenvalue weighted by molar-refractivity contribution is 0.0671. The summed E-state index contributed by atoms with van der Waals surface area (Å²) in [4.78, 5) is 31.0. The number of halogens is 1. The fraction of sp³-hybridized carbons (Fsp3) is 0.409. The second-order valence-electron chi connectivity index (χ2n) is 8.23. The molecule has 29 heavy (non-hydrogen) atoms. The molecule has 1 aromatic heterocycles. The summed E-state index contributed by atoms with van der Waals surface area (Å²) in [6, 6.07) is 9.22. The molecule has 2 fully saturated rings. The molecule has 3 amide bonds. The van der Waals surface area contributed by atoms with Crippen molar-refractivity contribution in [3.05, 3.63) is 64.4 Å². The molecule has 152 valence electrons. The Labute approximate surface area is 175 Å². The lowest BCUT2D eigenvalue weighted by Crippen LogP contribution is -2.54. The van der Waals surface area contributed by atoms with Gasteiger partial charge in [0, 0.05) is 48.7 Å². The number of urea groups is 1. The number of benzene rings is 1. The van der Waals surface area contributed by atoms with Crippen LogP contribution in [0.5, 0.6) is 0 Å². The zero-order valence-corrected chi connectivity index (χ0v) is 17.2. The van der Waals surface area contributed by atoms with Crippen molar-refractivity contribution < 1.29 is 9.59 Å². The van der Waals surface area contributed by atoms with Gasteiger partial charge in [-0.05, 0) is 60.9 Å². The van der Waals surface area contributed by atoms with Gasteiger partial charge in [-0.3, -0.25) is 9.78 Å². The smallest absolute Gasteiger partial charge is 0.315 e. The van der Waals surface area contributed by atoms with Crippen LogP contribution in [0.25, 0.3) is 0 Å². The number of nitrogens with zero attached hydrogens (tertiary/aromatic N) is 2. The Balaban J connectivity index is 1.23. The maximum atomic E-state index is 12.8. The predicted octanol–water partition coefficient (Wildman–Crippen LogP) is 3.54. The number of carbonyl (C=O) groups is 2. The highest BCUT2D eigenvalue weighted by Crippen LogP contribution is 2.48. The van der Waals surface area contributed by atoms with Crippen molar-refractivity contribution in [2.75, 3.05) is 13.1 Å².